The Balaban J connectivity index is 2.19. The van der Waals surface area contributed by atoms with Crippen molar-refractivity contribution in [2.75, 3.05) is 13.1 Å². The summed E-state index contributed by atoms with van der Waals surface area (Å²) in [6.45, 7) is 6.22. The highest BCUT2D eigenvalue weighted by atomic mass is 35.5. The highest BCUT2D eigenvalue weighted by molar-refractivity contribution is 6.30. The Morgan fingerprint density at radius 3 is 2.57 bits per heavy atom. The first kappa shape index (κ1) is 16.1. The second-order valence-electron chi connectivity index (χ2n) is 5.49. The molecule has 1 aromatic carbocycles. The van der Waals surface area contributed by atoms with E-state index in [9.17, 15) is 0 Å². The van der Waals surface area contributed by atoms with Gasteiger partial charge in [-0.2, -0.15) is 5.10 Å². The molecule has 0 aliphatic rings. The maximum absolute atomic E-state index is 6.39. The molecule has 0 saturated heterocycles. The van der Waals surface area contributed by atoms with Gasteiger partial charge in [-0.3, -0.25) is 4.68 Å². The monoisotopic (exact) mass is 305 g/mol. The van der Waals surface area contributed by atoms with Crippen molar-refractivity contribution >= 4 is 11.6 Å². The van der Waals surface area contributed by atoms with Gasteiger partial charge in [0.25, 0.3) is 0 Å². The third kappa shape index (κ3) is 4.08. The zero-order chi connectivity index (χ0) is 15.2. The van der Waals surface area contributed by atoms with E-state index in [1.807, 2.05) is 14.0 Å². The van der Waals surface area contributed by atoms with E-state index >= 15 is 0 Å². The summed E-state index contributed by atoms with van der Waals surface area (Å²) in [5, 5.41) is 8.70. The van der Waals surface area contributed by atoms with Gasteiger partial charge >= 0.3 is 0 Å². The molecule has 0 spiro atoms. The van der Waals surface area contributed by atoms with Gasteiger partial charge in [-0.25, -0.2) is 0 Å². The van der Waals surface area contributed by atoms with Crippen LogP contribution in [-0.4, -0.2) is 22.9 Å². The van der Waals surface area contributed by atoms with Gasteiger partial charge in [0.1, 0.15) is 5.15 Å². The summed E-state index contributed by atoms with van der Waals surface area (Å²) in [5.74, 6) is 0.415. The van der Waals surface area contributed by atoms with Crippen molar-refractivity contribution < 1.29 is 0 Å². The van der Waals surface area contributed by atoms with Crippen LogP contribution in [0.3, 0.4) is 0 Å². The largest absolute Gasteiger partial charge is 0.316 e. The number of aromatic nitrogens is 2. The van der Waals surface area contributed by atoms with E-state index in [2.05, 4.69) is 47.7 Å². The van der Waals surface area contributed by atoms with Gasteiger partial charge in [0.2, 0.25) is 0 Å². The van der Waals surface area contributed by atoms with E-state index < -0.39 is 0 Å². The number of hydrogen-bond donors (Lipinski definition) is 1. The molecule has 1 unspecified atom stereocenters. The number of rotatable bonds is 7. The van der Waals surface area contributed by atoms with Gasteiger partial charge in [-0.15, -0.1) is 0 Å². The number of nitrogens with one attached hydrogen (secondary N) is 1. The first-order valence-electron chi connectivity index (χ1n) is 7.57. The smallest absolute Gasteiger partial charge is 0.130 e. The standard InChI is InChI=1S/C17H24ClN3/c1-4-10-19-12-15(14-8-6-5-7-9-14)11-16-13(2)20-21(3)17(16)18/h5-9,15,19H,4,10-12H2,1-3H3. The topological polar surface area (TPSA) is 29.9 Å². The SMILES string of the molecule is CCCNCC(Cc1c(C)nn(C)c1Cl)c1ccccc1. The predicted molar refractivity (Wildman–Crippen MR) is 89.0 cm³/mol. The number of hydrogen-bond acceptors (Lipinski definition) is 2. The second kappa shape index (κ2) is 7.62. The van der Waals surface area contributed by atoms with Gasteiger partial charge in [0.05, 0.1) is 5.69 Å². The summed E-state index contributed by atoms with van der Waals surface area (Å²) in [6, 6.07) is 10.6. The Hall–Kier alpha value is -1.32. The molecule has 21 heavy (non-hydrogen) atoms. The zero-order valence-corrected chi connectivity index (χ0v) is 13.8. The van der Waals surface area contributed by atoms with Crippen molar-refractivity contribution in [3.63, 3.8) is 0 Å². The molecular weight excluding hydrogens is 282 g/mol. The van der Waals surface area contributed by atoms with Crippen LogP contribution in [-0.2, 0) is 13.5 Å². The van der Waals surface area contributed by atoms with Gasteiger partial charge in [-0.1, -0.05) is 48.9 Å². The zero-order valence-electron chi connectivity index (χ0n) is 13.1. The average Bonchev–Trinajstić information content (AvgIpc) is 2.73. The van der Waals surface area contributed by atoms with Crippen LogP contribution < -0.4 is 5.32 Å². The molecule has 114 valence electrons. The predicted octanol–water partition coefficient (Wildman–Crippen LogP) is 3.71. The van der Waals surface area contributed by atoms with Crippen LogP contribution >= 0.6 is 11.6 Å². The Morgan fingerprint density at radius 1 is 1.29 bits per heavy atom. The lowest BCUT2D eigenvalue weighted by molar-refractivity contribution is 0.576. The van der Waals surface area contributed by atoms with Crippen molar-refractivity contribution in [2.45, 2.75) is 32.6 Å². The van der Waals surface area contributed by atoms with Gasteiger partial charge in [-0.05, 0) is 31.9 Å². The van der Waals surface area contributed by atoms with E-state index in [0.29, 0.717) is 5.92 Å². The molecule has 0 saturated carbocycles. The molecule has 1 aromatic heterocycles. The third-order valence-electron chi connectivity index (χ3n) is 3.81. The van der Waals surface area contributed by atoms with Gasteiger partial charge in [0.15, 0.2) is 0 Å². The molecule has 1 heterocycles. The molecule has 0 radical (unpaired) electrons. The quantitative estimate of drug-likeness (QED) is 0.790. The maximum atomic E-state index is 6.39. The molecule has 3 nitrogen and oxygen atoms in total. The van der Waals surface area contributed by atoms with E-state index in [4.69, 9.17) is 11.6 Å². The van der Waals surface area contributed by atoms with E-state index in [1.54, 1.807) is 4.68 Å². The summed E-state index contributed by atoms with van der Waals surface area (Å²) >= 11 is 6.39. The summed E-state index contributed by atoms with van der Waals surface area (Å²) in [4.78, 5) is 0. The molecule has 0 amide bonds. The van der Waals surface area contributed by atoms with Crippen molar-refractivity contribution in [1.82, 2.24) is 15.1 Å². The lowest BCUT2D eigenvalue weighted by Crippen LogP contribution is -2.23. The minimum absolute atomic E-state index is 0.415. The first-order chi connectivity index (χ1) is 10.1. The van der Waals surface area contributed by atoms with Crippen LogP contribution in [0.2, 0.25) is 5.15 Å². The second-order valence-corrected chi connectivity index (χ2v) is 5.85. The molecule has 0 aliphatic carbocycles. The summed E-state index contributed by atoms with van der Waals surface area (Å²) in [5.41, 5.74) is 3.53. The maximum Gasteiger partial charge on any atom is 0.130 e. The fourth-order valence-corrected chi connectivity index (χ4v) is 2.89. The van der Waals surface area contributed by atoms with Crippen LogP contribution in [0.15, 0.2) is 30.3 Å². The molecule has 0 fully saturated rings. The number of nitrogens with zero attached hydrogens (tertiary/aromatic N) is 2. The Labute approximate surface area is 132 Å². The Morgan fingerprint density at radius 2 is 2.00 bits per heavy atom. The van der Waals surface area contributed by atoms with Crippen LogP contribution in [0.4, 0.5) is 0 Å². The summed E-state index contributed by atoms with van der Waals surface area (Å²) in [6.07, 6.45) is 2.06. The fourth-order valence-electron chi connectivity index (χ4n) is 2.64. The average molecular weight is 306 g/mol. The van der Waals surface area contributed by atoms with E-state index in [-0.39, 0.29) is 0 Å². The molecule has 2 aromatic rings. The number of halogens is 1. The molecule has 1 atom stereocenters. The highest BCUT2D eigenvalue weighted by Gasteiger charge is 2.18. The van der Waals surface area contributed by atoms with E-state index in [1.165, 1.54) is 5.56 Å². The van der Waals surface area contributed by atoms with Crippen LogP contribution in [0, 0.1) is 6.92 Å². The van der Waals surface area contributed by atoms with Gasteiger partial charge in [0, 0.05) is 25.1 Å². The normalized spacial score (nSPS) is 12.6. The molecule has 1 N–H and O–H groups in total. The fraction of sp³-hybridized carbons (Fsp3) is 0.471. The highest BCUT2D eigenvalue weighted by Crippen LogP contribution is 2.26. The van der Waals surface area contributed by atoms with Crippen LogP contribution in [0.1, 0.15) is 36.1 Å². The van der Waals surface area contributed by atoms with Crippen LogP contribution in [0.5, 0.6) is 0 Å². The van der Waals surface area contributed by atoms with E-state index in [0.717, 1.165) is 42.3 Å². The molecule has 2 rings (SSSR count). The third-order valence-corrected chi connectivity index (χ3v) is 4.28. The molecular formula is C17H24ClN3. The first-order valence-corrected chi connectivity index (χ1v) is 7.94. The summed E-state index contributed by atoms with van der Waals surface area (Å²) < 4.78 is 1.76. The molecule has 0 aliphatic heterocycles. The minimum Gasteiger partial charge on any atom is -0.316 e. The van der Waals surface area contributed by atoms with Crippen molar-refractivity contribution in [3.05, 3.63) is 52.3 Å². The van der Waals surface area contributed by atoms with Gasteiger partial charge < -0.3 is 5.32 Å². The number of aryl methyl sites for hydroxylation is 2. The lowest BCUT2D eigenvalue weighted by Gasteiger charge is -2.18. The van der Waals surface area contributed by atoms with Crippen LogP contribution in [0.25, 0.3) is 0 Å². The Bertz CT molecular complexity index is 563. The molecule has 0 bridgehead atoms. The van der Waals surface area contributed by atoms with Crippen molar-refractivity contribution in [2.24, 2.45) is 7.05 Å². The lowest BCUT2D eigenvalue weighted by atomic mass is 9.92. The summed E-state index contributed by atoms with van der Waals surface area (Å²) in [7, 11) is 1.89. The van der Waals surface area contributed by atoms with Crippen molar-refractivity contribution in [1.29, 1.82) is 0 Å². The minimum atomic E-state index is 0.415. The Kier molecular flexibility index (Phi) is 5.83. The molecule has 4 heteroatoms. The van der Waals surface area contributed by atoms with Crippen molar-refractivity contribution in [3.8, 4) is 0 Å². The number of benzene rings is 1.